The average Bonchev–Trinajstić information content (AvgIpc) is 3.73. The monoisotopic (exact) mass is 474 g/mol. The number of carbonyl (C=O) groups is 1. The van der Waals surface area contributed by atoms with Crippen LogP contribution in [0.25, 0.3) is 0 Å². The van der Waals surface area contributed by atoms with Crippen molar-refractivity contribution < 1.29 is 23.7 Å². The summed E-state index contributed by atoms with van der Waals surface area (Å²) in [6.45, 7) is 12.6. The van der Waals surface area contributed by atoms with Crippen molar-refractivity contribution in [3.05, 3.63) is 11.6 Å². The lowest BCUT2D eigenvalue weighted by Crippen LogP contribution is -2.57. The Labute approximate surface area is 204 Å². The topological polar surface area (TPSA) is 67.1 Å². The van der Waals surface area contributed by atoms with Crippen LogP contribution in [-0.2, 0) is 18.9 Å². The molecule has 6 rings (SSSR count). The van der Waals surface area contributed by atoms with Crippen LogP contribution < -0.4 is 0 Å². The van der Waals surface area contributed by atoms with Crippen molar-refractivity contribution in [1.82, 2.24) is 9.80 Å². The number of carbonyl (C=O) groups excluding carboxylic acids is 1. The molecule has 0 radical (unpaired) electrons. The molecule has 2 saturated carbocycles. The molecule has 0 bridgehead atoms. The summed E-state index contributed by atoms with van der Waals surface area (Å²) in [5.41, 5.74) is 0.821. The van der Waals surface area contributed by atoms with E-state index in [-0.39, 0.29) is 41.5 Å². The van der Waals surface area contributed by atoms with E-state index in [0.717, 1.165) is 50.8 Å². The normalized spacial score (nSPS) is 45.0. The highest BCUT2D eigenvalue weighted by Crippen LogP contribution is 2.59. The van der Waals surface area contributed by atoms with E-state index in [1.54, 1.807) is 7.11 Å². The summed E-state index contributed by atoms with van der Waals surface area (Å²) in [6, 6.07) is 0. The number of allylic oxidation sites excluding steroid dienone is 1. The summed E-state index contributed by atoms with van der Waals surface area (Å²) in [5, 5.41) is 0. The summed E-state index contributed by atoms with van der Waals surface area (Å²) in [5.74, 6) is 2.67. The van der Waals surface area contributed by atoms with E-state index in [1.807, 2.05) is 4.90 Å². The fourth-order valence-corrected chi connectivity index (χ4v) is 7.22. The van der Waals surface area contributed by atoms with Gasteiger partial charge in [0.25, 0.3) is 0 Å². The highest BCUT2D eigenvalue weighted by atomic mass is 16.6. The van der Waals surface area contributed by atoms with Crippen LogP contribution in [0.2, 0.25) is 0 Å². The van der Waals surface area contributed by atoms with Gasteiger partial charge in [0.2, 0.25) is 0 Å². The van der Waals surface area contributed by atoms with E-state index >= 15 is 0 Å². The molecule has 190 valence electrons. The third-order valence-corrected chi connectivity index (χ3v) is 9.61. The predicted octanol–water partition coefficient (Wildman–Crippen LogP) is 3.47. The van der Waals surface area contributed by atoms with Crippen LogP contribution in [-0.4, -0.2) is 91.8 Å². The zero-order valence-electron chi connectivity index (χ0n) is 21.3. The van der Waals surface area contributed by atoms with Crippen molar-refractivity contribution in [2.45, 2.75) is 82.4 Å². The molecule has 0 aromatic heterocycles. The van der Waals surface area contributed by atoms with Crippen LogP contribution in [0, 0.1) is 23.7 Å². The molecule has 2 aliphatic carbocycles. The highest BCUT2D eigenvalue weighted by molar-refractivity contribution is 5.69. The van der Waals surface area contributed by atoms with Gasteiger partial charge in [0.05, 0.1) is 18.6 Å². The molecule has 6 aliphatic rings. The fourth-order valence-electron chi connectivity index (χ4n) is 7.22. The Morgan fingerprint density at radius 2 is 1.91 bits per heavy atom. The summed E-state index contributed by atoms with van der Waals surface area (Å²) < 4.78 is 24.4. The Morgan fingerprint density at radius 1 is 1.18 bits per heavy atom. The number of epoxide rings is 2. The third kappa shape index (κ3) is 4.21. The second-order valence-corrected chi connectivity index (χ2v) is 12.4. The van der Waals surface area contributed by atoms with Crippen LogP contribution in [0.1, 0.15) is 52.9 Å². The van der Waals surface area contributed by atoms with Crippen LogP contribution in [0.3, 0.4) is 0 Å². The first-order valence-corrected chi connectivity index (χ1v) is 13.5. The molecule has 6 fully saturated rings. The number of nitrogens with zero attached hydrogens (tertiary/aromatic N) is 2. The number of rotatable bonds is 8. The third-order valence-electron chi connectivity index (χ3n) is 9.61. The second-order valence-electron chi connectivity index (χ2n) is 12.4. The minimum absolute atomic E-state index is 0.0722. The maximum Gasteiger partial charge on any atom is 0.410 e. The Balaban J connectivity index is 1.02. The summed E-state index contributed by atoms with van der Waals surface area (Å²) >= 11 is 0. The molecular weight excluding hydrogens is 432 g/mol. The lowest BCUT2D eigenvalue weighted by atomic mass is 9.68. The number of likely N-dealkylation sites (tertiary alicyclic amines) is 2. The van der Waals surface area contributed by atoms with E-state index in [4.69, 9.17) is 18.9 Å². The Kier molecular flexibility index (Phi) is 5.79. The van der Waals surface area contributed by atoms with Crippen molar-refractivity contribution in [3.63, 3.8) is 0 Å². The summed E-state index contributed by atoms with van der Waals surface area (Å²) in [7, 11) is 1.73. The molecule has 7 nitrogen and oxygen atoms in total. The molecule has 6 unspecified atom stereocenters. The summed E-state index contributed by atoms with van der Waals surface area (Å²) in [4.78, 5) is 17.5. The van der Waals surface area contributed by atoms with E-state index in [0.29, 0.717) is 5.92 Å². The van der Waals surface area contributed by atoms with Crippen LogP contribution >= 0.6 is 0 Å². The molecule has 0 aromatic rings. The molecule has 4 heterocycles. The van der Waals surface area contributed by atoms with Gasteiger partial charge in [-0.2, -0.15) is 0 Å². The molecular formula is C27H42N2O5. The van der Waals surface area contributed by atoms with Crippen LogP contribution in [0.4, 0.5) is 4.79 Å². The van der Waals surface area contributed by atoms with Gasteiger partial charge in [-0.15, -0.1) is 0 Å². The van der Waals surface area contributed by atoms with E-state index in [2.05, 4.69) is 31.7 Å². The molecule has 1 amide bonds. The zero-order chi connectivity index (χ0) is 23.7. The lowest BCUT2D eigenvalue weighted by Gasteiger charge is -2.44. The fraction of sp³-hybridized carbons (Fsp3) is 0.889. The Morgan fingerprint density at radius 3 is 2.56 bits per heavy atom. The Bertz CT molecular complexity index is 823. The summed E-state index contributed by atoms with van der Waals surface area (Å²) in [6.07, 6.45) is 6.99. The zero-order valence-corrected chi connectivity index (χ0v) is 21.3. The molecule has 8 atom stereocenters. The average molecular weight is 475 g/mol. The van der Waals surface area contributed by atoms with Gasteiger partial charge >= 0.3 is 6.09 Å². The molecule has 34 heavy (non-hydrogen) atoms. The van der Waals surface area contributed by atoms with E-state index in [1.165, 1.54) is 38.0 Å². The number of fused-ring (bicyclic) bond motifs is 1. The quantitative estimate of drug-likeness (QED) is 0.396. The molecule has 4 aliphatic heterocycles. The maximum atomic E-state index is 13.0. The maximum absolute atomic E-state index is 13.0. The van der Waals surface area contributed by atoms with E-state index in [9.17, 15) is 4.79 Å². The smallest absolute Gasteiger partial charge is 0.410 e. The van der Waals surface area contributed by atoms with Crippen molar-refractivity contribution >= 4 is 6.09 Å². The van der Waals surface area contributed by atoms with Crippen LogP contribution in [0.5, 0.6) is 0 Å². The first-order chi connectivity index (χ1) is 16.3. The van der Waals surface area contributed by atoms with Gasteiger partial charge in [0.15, 0.2) is 0 Å². The SMILES string of the molecule is COC1C(OC(=O)N2CC(CCN3CC4CC4C3)C2)CCC2(CO2)C1[C@@]1(C)O[C@@H]1CC=C(C)C. The molecule has 1 spiro atoms. The van der Waals surface area contributed by atoms with Crippen molar-refractivity contribution in [2.24, 2.45) is 23.7 Å². The van der Waals surface area contributed by atoms with Crippen molar-refractivity contribution in [1.29, 1.82) is 0 Å². The van der Waals surface area contributed by atoms with Gasteiger partial charge in [-0.1, -0.05) is 11.6 Å². The standard InChI is InChI=1S/C27H42N2O5/c1-17(2)5-6-22-26(3,34-22)24-23(31-4)21(7-9-27(24)16-32-27)33-25(30)29-12-18(13-29)8-10-28-14-19-11-20(19)15-28/h5,18-24H,6-16H2,1-4H3/t19?,20?,21?,22-,23?,24?,26+,27?/m1/s1. The second kappa shape index (κ2) is 8.46. The molecule has 0 aromatic carbocycles. The predicted molar refractivity (Wildman–Crippen MR) is 128 cm³/mol. The van der Waals surface area contributed by atoms with Gasteiger partial charge in [0, 0.05) is 33.3 Å². The van der Waals surface area contributed by atoms with E-state index < -0.39 is 0 Å². The molecule has 0 N–H and O–H groups in total. The van der Waals surface area contributed by atoms with Gasteiger partial charge < -0.3 is 28.7 Å². The lowest BCUT2D eigenvalue weighted by molar-refractivity contribution is -0.124. The highest BCUT2D eigenvalue weighted by Gasteiger charge is 2.72. The minimum Gasteiger partial charge on any atom is -0.443 e. The number of piperidine rings is 1. The van der Waals surface area contributed by atoms with Crippen molar-refractivity contribution in [2.75, 3.05) is 46.4 Å². The Hall–Kier alpha value is -1.15. The number of ether oxygens (including phenoxy) is 4. The van der Waals surface area contributed by atoms with Gasteiger partial charge in [0.1, 0.15) is 23.4 Å². The van der Waals surface area contributed by atoms with Crippen molar-refractivity contribution in [3.8, 4) is 0 Å². The number of hydrogen-bond acceptors (Lipinski definition) is 6. The number of hydrogen-bond donors (Lipinski definition) is 0. The largest absolute Gasteiger partial charge is 0.443 e. The van der Waals surface area contributed by atoms with Gasteiger partial charge in [-0.05, 0) is 77.2 Å². The first kappa shape index (κ1) is 23.3. The molecule has 7 heteroatoms. The first-order valence-electron chi connectivity index (χ1n) is 13.5. The van der Waals surface area contributed by atoms with Crippen LogP contribution in [0.15, 0.2) is 11.6 Å². The minimum atomic E-state index is -0.299. The number of amides is 1. The molecule has 4 saturated heterocycles. The van der Waals surface area contributed by atoms with Gasteiger partial charge in [-0.25, -0.2) is 4.79 Å². The van der Waals surface area contributed by atoms with Gasteiger partial charge in [-0.3, -0.25) is 0 Å². The number of methoxy groups -OCH3 is 1.